The number of amides is 1. The number of sulfonamides is 1. The van der Waals surface area contributed by atoms with E-state index in [0.29, 0.717) is 5.56 Å². The van der Waals surface area contributed by atoms with Crippen molar-refractivity contribution in [3.8, 4) is 0 Å². The molecule has 0 unspecified atom stereocenters. The third-order valence-electron chi connectivity index (χ3n) is 3.14. The fourth-order valence-corrected chi connectivity index (χ4v) is 2.42. The maximum absolute atomic E-state index is 12.0. The van der Waals surface area contributed by atoms with E-state index in [-0.39, 0.29) is 17.8 Å². The third kappa shape index (κ3) is 6.26. The van der Waals surface area contributed by atoms with Crippen molar-refractivity contribution in [2.75, 3.05) is 24.7 Å². The molecule has 0 spiro atoms. The summed E-state index contributed by atoms with van der Waals surface area (Å²) in [6, 6.07) is 4.57. The number of esters is 1. The minimum absolute atomic E-state index is 0.0823. The Labute approximate surface area is 148 Å². The smallest absolute Gasteiger partial charge is 0.407 e. The zero-order valence-electron chi connectivity index (χ0n) is 15.2. The molecule has 0 atom stereocenters. The van der Waals surface area contributed by atoms with E-state index in [1.165, 1.54) is 26.3 Å². The Morgan fingerprint density at radius 2 is 1.84 bits per heavy atom. The van der Waals surface area contributed by atoms with Gasteiger partial charge in [0.15, 0.2) is 0 Å². The average Bonchev–Trinajstić information content (AvgIpc) is 2.48. The Hall–Kier alpha value is -2.29. The van der Waals surface area contributed by atoms with Crippen molar-refractivity contribution >= 4 is 27.8 Å². The van der Waals surface area contributed by atoms with Gasteiger partial charge in [-0.1, -0.05) is 6.07 Å². The molecule has 1 aromatic carbocycles. The molecular weight excluding hydrogens is 348 g/mol. The molecule has 8 nitrogen and oxygen atoms in total. The van der Waals surface area contributed by atoms with Gasteiger partial charge in [0.2, 0.25) is 10.0 Å². The Morgan fingerprint density at radius 3 is 2.32 bits per heavy atom. The van der Waals surface area contributed by atoms with Crippen LogP contribution in [0.4, 0.5) is 10.5 Å². The molecule has 1 aromatic rings. The predicted octanol–water partition coefficient (Wildman–Crippen LogP) is 1.89. The van der Waals surface area contributed by atoms with E-state index in [1.54, 1.807) is 26.8 Å². The molecule has 0 fully saturated rings. The Bertz CT molecular complexity index is 752. The van der Waals surface area contributed by atoms with Gasteiger partial charge >= 0.3 is 12.1 Å². The second-order valence-electron chi connectivity index (χ2n) is 6.43. The molecule has 0 aliphatic rings. The molecule has 1 rings (SSSR count). The van der Waals surface area contributed by atoms with E-state index in [2.05, 4.69) is 5.32 Å². The molecule has 9 heteroatoms. The van der Waals surface area contributed by atoms with Gasteiger partial charge < -0.3 is 14.8 Å². The van der Waals surface area contributed by atoms with Crippen LogP contribution in [-0.4, -0.2) is 46.5 Å². The van der Waals surface area contributed by atoms with Gasteiger partial charge in [0, 0.05) is 13.6 Å². The molecule has 1 N–H and O–H groups in total. The topological polar surface area (TPSA) is 102 Å². The average molecular weight is 372 g/mol. The van der Waals surface area contributed by atoms with Crippen molar-refractivity contribution in [1.29, 1.82) is 0 Å². The number of hydrogen-bond acceptors (Lipinski definition) is 6. The molecule has 1 amide bonds. The number of hydrogen-bond donors (Lipinski definition) is 1. The van der Waals surface area contributed by atoms with E-state index in [1.807, 2.05) is 0 Å². The minimum Gasteiger partial charge on any atom is -0.465 e. The van der Waals surface area contributed by atoms with Crippen molar-refractivity contribution < 1.29 is 27.5 Å². The van der Waals surface area contributed by atoms with Gasteiger partial charge in [0.1, 0.15) is 5.60 Å². The summed E-state index contributed by atoms with van der Waals surface area (Å²) in [5.41, 5.74) is 0.245. The van der Waals surface area contributed by atoms with Crippen LogP contribution in [0.1, 0.15) is 36.7 Å². The molecule has 25 heavy (non-hydrogen) atoms. The van der Waals surface area contributed by atoms with Crippen LogP contribution in [0.3, 0.4) is 0 Å². The highest BCUT2D eigenvalue weighted by atomic mass is 32.2. The monoisotopic (exact) mass is 372 g/mol. The van der Waals surface area contributed by atoms with Crippen LogP contribution in [0.2, 0.25) is 0 Å². The fourth-order valence-electron chi connectivity index (χ4n) is 1.91. The first-order valence-corrected chi connectivity index (χ1v) is 9.32. The van der Waals surface area contributed by atoms with E-state index < -0.39 is 27.7 Å². The molecule has 0 radical (unpaired) electrons. The number of rotatable bonds is 5. The Morgan fingerprint density at radius 1 is 1.24 bits per heavy atom. The summed E-state index contributed by atoms with van der Waals surface area (Å²) in [7, 11) is -0.994. The molecule has 140 valence electrons. The van der Waals surface area contributed by atoms with Crippen LogP contribution in [0, 0.1) is 0 Å². The van der Waals surface area contributed by atoms with Gasteiger partial charge in [0.25, 0.3) is 0 Å². The van der Waals surface area contributed by atoms with E-state index in [4.69, 9.17) is 9.47 Å². The molecule has 0 aliphatic heterocycles. The standard InChI is InChI=1S/C16H24N2O6S/c1-16(2,3)24-15(20)17-10-11-7-8-13(18(4)25(6,21)22)12(9-11)14(19)23-5/h7-9H,10H2,1-6H3,(H,17,20). The van der Waals surface area contributed by atoms with Gasteiger partial charge in [-0.2, -0.15) is 0 Å². The third-order valence-corrected chi connectivity index (χ3v) is 4.33. The summed E-state index contributed by atoms with van der Waals surface area (Å²) in [6.45, 7) is 5.36. The highest BCUT2D eigenvalue weighted by Gasteiger charge is 2.21. The lowest BCUT2D eigenvalue weighted by Gasteiger charge is -2.21. The first-order chi connectivity index (χ1) is 11.3. The summed E-state index contributed by atoms with van der Waals surface area (Å²) < 4.78 is 34.3. The van der Waals surface area contributed by atoms with Crippen molar-refractivity contribution in [3.63, 3.8) is 0 Å². The molecule has 0 saturated carbocycles. The van der Waals surface area contributed by atoms with Gasteiger partial charge in [0.05, 0.1) is 24.6 Å². The summed E-state index contributed by atoms with van der Waals surface area (Å²) in [5.74, 6) is -0.676. The number of carbonyl (C=O) groups is 2. The van der Waals surface area contributed by atoms with Crippen molar-refractivity contribution in [2.45, 2.75) is 32.9 Å². The first-order valence-electron chi connectivity index (χ1n) is 7.47. The maximum Gasteiger partial charge on any atom is 0.407 e. The van der Waals surface area contributed by atoms with Gasteiger partial charge in [-0.3, -0.25) is 4.31 Å². The van der Waals surface area contributed by atoms with Crippen LogP contribution < -0.4 is 9.62 Å². The SMILES string of the molecule is COC(=O)c1cc(CNC(=O)OC(C)(C)C)ccc1N(C)S(C)(=O)=O. The summed E-state index contributed by atoms with van der Waals surface area (Å²) in [5, 5.41) is 2.57. The highest BCUT2D eigenvalue weighted by Crippen LogP contribution is 2.24. The summed E-state index contributed by atoms with van der Waals surface area (Å²) in [6.07, 6.45) is 0.441. The summed E-state index contributed by atoms with van der Waals surface area (Å²) >= 11 is 0. The predicted molar refractivity (Wildman–Crippen MR) is 94.1 cm³/mol. The molecule has 0 bridgehead atoms. The van der Waals surface area contributed by atoms with Gasteiger partial charge in [-0.25, -0.2) is 18.0 Å². The van der Waals surface area contributed by atoms with Crippen LogP contribution in [0.5, 0.6) is 0 Å². The Balaban J connectivity index is 3.06. The van der Waals surface area contributed by atoms with Crippen LogP contribution in [0.25, 0.3) is 0 Å². The largest absolute Gasteiger partial charge is 0.465 e. The number of nitrogens with zero attached hydrogens (tertiary/aromatic N) is 1. The number of methoxy groups -OCH3 is 1. The second-order valence-corrected chi connectivity index (χ2v) is 8.44. The number of alkyl carbamates (subject to hydrolysis) is 1. The number of ether oxygens (including phenoxy) is 2. The van der Waals surface area contributed by atoms with Crippen LogP contribution >= 0.6 is 0 Å². The van der Waals surface area contributed by atoms with Crippen molar-refractivity contribution in [2.24, 2.45) is 0 Å². The zero-order valence-corrected chi connectivity index (χ0v) is 16.1. The lowest BCUT2D eigenvalue weighted by molar-refractivity contribution is 0.0523. The van der Waals surface area contributed by atoms with Crippen LogP contribution in [-0.2, 0) is 26.0 Å². The van der Waals surface area contributed by atoms with Crippen LogP contribution in [0.15, 0.2) is 18.2 Å². The number of anilines is 1. The van der Waals surface area contributed by atoms with E-state index in [0.717, 1.165) is 10.6 Å². The molecule has 0 heterocycles. The molecule has 0 saturated heterocycles. The number of nitrogens with one attached hydrogen (secondary N) is 1. The number of benzene rings is 1. The quantitative estimate of drug-likeness (QED) is 0.792. The molecule has 0 aliphatic carbocycles. The van der Waals surface area contributed by atoms with Crippen molar-refractivity contribution in [3.05, 3.63) is 29.3 Å². The fraction of sp³-hybridized carbons (Fsp3) is 0.500. The Kier molecular flexibility index (Phi) is 6.42. The normalized spacial score (nSPS) is 11.6. The molecular formula is C16H24N2O6S. The van der Waals surface area contributed by atoms with E-state index >= 15 is 0 Å². The van der Waals surface area contributed by atoms with Gasteiger partial charge in [-0.15, -0.1) is 0 Å². The number of carbonyl (C=O) groups excluding carboxylic acids is 2. The minimum atomic E-state index is -3.54. The molecule has 0 aromatic heterocycles. The second kappa shape index (κ2) is 7.73. The van der Waals surface area contributed by atoms with E-state index in [9.17, 15) is 18.0 Å². The maximum atomic E-state index is 12.0. The van der Waals surface area contributed by atoms with Gasteiger partial charge in [-0.05, 0) is 38.5 Å². The highest BCUT2D eigenvalue weighted by molar-refractivity contribution is 7.92. The summed E-state index contributed by atoms with van der Waals surface area (Å²) in [4.78, 5) is 23.7. The zero-order chi connectivity index (χ0) is 19.4. The lowest BCUT2D eigenvalue weighted by Crippen LogP contribution is -2.32. The van der Waals surface area contributed by atoms with Crippen molar-refractivity contribution in [1.82, 2.24) is 5.32 Å². The first kappa shape index (κ1) is 20.8. The lowest BCUT2D eigenvalue weighted by atomic mass is 10.1.